The molecule has 5 rings (SSSR count). The van der Waals surface area contributed by atoms with E-state index in [1.165, 1.54) is 29.8 Å². The molecule has 0 aliphatic carbocycles. The zero-order chi connectivity index (χ0) is 33.1. The first-order chi connectivity index (χ1) is 21.7. The van der Waals surface area contributed by atoms with Crippen molar-refractivity contribution in [3.05, 3.63) is 137 Å². The molecule has 0 aliphatic heterocycles. The number of carbonyl (C=O) groups is 1. The second-order valence-electron chi connectivity index (χ2n) is 12.2. The first-order valence-electron chi connectivity index (χ1n) is 14.7. The average Bonchev–Trinajstić information content (AvgIpc) is 3.49. The van der Waals surface area contributed by atoms with Crippen molar-refractivity contribution < 1.29 is 31.1 Å². The van der Waals surface area contributed by atoms with Gasteiger partial charge in [0.15, 0.2) is 5.76 Å². The van der Waals surface area contributed by atoms with E-state index in [-0.39, 0.29) is 31.1 Å². The first kappa shape index (κ1) is 35.2. The van der Waals surface area contributed by atoms with Gasteiger partial charge < -0.3 is 9.84 Å². The summed E-state index contributed by atoms with van der Waals surface area (Å²) in [4.78, 5) is 12.5. The molecule has 0 aliphatic rings. The summed E-state index contributed by atoms with van der Waals surface area (Å²) in [6.07, 6.45) is 0.509. The van der Waals surface area contributed by atoms with Crippen molar-refractivity contribution in [2.24, 2.45) is 0 Å². The van der Waals surface area contributed by atoms with Crippen molar-refractivity contribution in [1.29, 1.82) is 0 Å². The van der Waals surface area contributed by atoms with Gasteiger partial charge in [-0.15, -0.1) is 0 Å². The number of carbonyl (C=O) groups excluding carboxylic acids is 1. The minimum atomic E-state index is -4.18. The van der Waals surface area contributed by atoms with E-state index in [2.05, 4.69) is 55.5 Å². The summed E-state index contributed by atoms with van der Waals surface area (Å²) in [5.41, 5.74) is 5.75. The Kier molecular flexibility index (Phi) is 10.8. The van der Waals surface area contributed by atoms with Crippen LogP contribution in [0.2, 0.25) is 0 Å². The molecule has 4 aromatic carbocycles. The Labute approximate surface area is 274 Å². The van der Waals surface area contributed by atoms with E-state index in [4.69, 9.17) is 9.08 Å². The maximum absolute atomic E-state index is 14.7. The molecule has 5 aromatic rings. The monoisotopic (exact) mass is 660 g/mol. The number of nitrogens with one attached hydrogen (secondary N) is 1. The Bertz CT molecular complexity index is 1930. The number of nitrogens with zero attached hydrogens (tertiary/aromatic N) is 1. The predicted octanol–water partition coefficient (Wildman–Crippen LogP) is 8.21. The van der Waals surface area contributed by atoms with Crippen molar-refractivity contribution in [1.82, 2.24) is 10.5 Å². The number of aromatic nitrogens is 1. The summed E-state index contributed by atoms with van der Waals surface area (Å²) in [5, 5.41) is 6.88. The highest BCUT2D eigenvalue weighted by Crippen LogP contribution is 2.34. The Morgan fingerprint density at radius 1 is 0.851 bits per heavy atom. The maximum Gasteiger partial charge on any atom is 0.266 e. The van der Waals surface area contributed by atoms with E-state index in [0.717, 1.165) is 11.1 Å². The van der Waals surface area contributed by atoms with Gasteiger partial charge >= 0.3 is 0 Å². The molecule has 7 nitrogen and oxygen atoms in total. The molecule has 0 fully saturated rings. The maximum atomic E-state index is 14.7. The van der Waals surface area contributed by atoms with Crippen LogP contribution in [-0.4, -0.2) is 36.3 Å². The first-order valence-corrected chi connectivity index (χ1v) is 16.3. The van der Waals surface area contributed by atoms with E-state index in [1.807, 2.05) is 12.1 Å². The predicted molar refractivity (Wildman–Crippen MR) is 180 cm³/mol. The van der Waals surface area contributed by atoms with Crippen LogP contribution >= 0.6 is 0 Å². The molecule has 0 saturated carbocycles. The molecule has 2 N–H and O–H groups in total. The molecule has 1 unspecified atom stereocenters. The molecular formula is C37H38F2N2O5S. The van der Waals surface area contributed by atoms with Gasteiger partial charge in [-0.05, 0) is 82.1 Å². The fourth-order valence-electron chi connectivity index (χ4n) is 5.16. The van der Waals surface area contributed by atoms with Crippen molar-refractivity contribution >= 4 is 16.0 Å². The molecule has 0 radical (unpaired) electrons. The Morgan fingerprint density at radius 3 is 2.11 bits per heavy atom. The third kappa shape index (κ3) is 9.21. The van der Waals surface area contributed by atoms with Crippen LogP contribution in [0.25, 0.3) is 22.5 Å². The number of hydrogen-bond donors (Lipinski definition) is 2. The summed E-state index contributed by atoms with van der Waals surface area (Å²) in [7, 11) is -4.18. The van der Waals surface area contributed by atoms with E-state index >= 15 is 0 Å². The van der Waals surface area contributed by atoms with Crippen LogP contribution in [0.1, 0.15) is 66.9 Å². The van der Waals surface area contributed by atoms with Crippen LogP contribution < -0.4 is 5.32 Å². The van der Waals surface area contributed by atoms with Gasteiger partial charge in [0, 0.05) is 29.7 Å². The molecule has 0 spiro atoms. The van der Waals surface area contributed by atoms with Crippen LogP contribution in [0.5, 0.6) is 0 Å². The lowest BCUT2D eigenvalue weighted by molar-refractivity contribution is 0.0956. The van der Waals surface area contributed by atoms with Crippen molar-refractivity contribution in [3.8, 4) is 22.5 Å². The molecule has 10 heteroatoms. The largest absolute Gasteiger partial charge is 0.356 e. The van der Waals surface area contributed by atoms with Crippen LogP contribution in [0.4, 0.5) is 8.78 Å². The third-order valence-corrected chi connectivity index (χ3v) is 8.45. The van der Waals surface area contributed by atoms with E-state index in [1.54, 1.807) is 36.4 Å². The number of halogens is 2. The van der Waals surface area contributed by atoms with Crippen LogP contribution in [0, 0.1) is 11.6 Å². The number of amides is 1. The fourth-order valence-corrected chi connectivity index (χ4v) is 5.52. The lowest BCUT2D eigenvalue weighted by atomic mass is 9.83. The van der Waals surface area contributed by atoms with Crippen LogP contribution in [0.3, 0.4) is 0 Å². The molecule has 47 heavy (non-hydrogen) atoms. The van der Waals surface area contributed by atoms with Gasteiger partial charge in [0.05, 0.1) is 11.4 Å². The number of rotatable bonds is 10. The summed E-state index contributed by atoms with van der Waals surface area (Å²) in [6, 6.07) is 27.4. The lowest BCUT2D eigenvalue weighted by Crippen LogP contribution is -2.28. The third-order valence-electron chi connectivity index (χ3n) is 7.73. The quantitative estimate of drug-likeness (QED) is 0.146. The molecular weight excluding hydrogens is 622 g/mol. The van der Waals surface area contributed by atoms with E-state index < -0.39 is 27.6 Å². The van der Waals surface area contributed by atoms with Gasteiger partial charge in [0.2, 0.25) is 0 Å². The van der Waals surface area contributed by atoms with Gasteiger partial charge in [-0.3, -0.25) is 9.35 Å². The fraction of sp³-hybridized carbons (Fsp3) is 0.243. The molecule has 246 valence electrons. The van der Waals surface area contributed by atoms with E-state index in [0.29, 0.717) is 40.1 Å². The zero-order valence-corrected chi connectivity index (χ0v) is 26.4. The minimum absolute atomic E-state index is 0. The highest BCUT2D eigenvalue weighted by atomic mass is 32.2. The Balaban J connectivity index is 0.00000500. The topological polar surface area (TPSA) is 110 Å². The number of benzene rings is 4. The Morgan fingerprint density at radius 2 is 1.49 bits per heavy atom. The Hall–Kier alpha value is -4.67. The zero-order valence-electron chi connectivity index (χ0n) is 25.6. The standard InChI is InChI=1S/C36H34F2N2O5S.CH4/c1-36(2,3)29-12-8-25(9-13-29)32(18-23-4-6-26(7-5-23)35(41)39-16-17-46(42,43)44)33-22-34(45-40-33)28-19-27(20-31(38)21-28)24-10-14-30(37)15-11-24;/h4-15,19-22,32H,16-18H2,1-3H3,(H,39,41)(H,42,43,44);1H4. The minimum Gasteiger partial charge on any atom is -0.356 e. The summed E-state index contributed by atoms with van der Waals surface area (Å²) >= 11 is 0. The summed E-state index contributed by atoms with van der Waals surface area (Å²) in [5.74, 6) is -1.74. The molecule has 0 bridgehead atoms. The molecule has 0 saturated heterocycles. The smallest absolute Gasteiger partial charge is 0.266 e. The highest BCUT2D eigenvalue weighted by molar-refractivity contribution is 7.85. The van der Waals surface area contributed by atoms with Crippen LogP contribution in [-0.2, 0) is 22.0 Å². The van der Waals surface area contributed by atoms with Gasteiger partial charge in [0.1, 0.15) is 11.6 Å². The average molecular weight is 661 g/mol. The van der Waals surface area contributed by atoms with Gasteiger partial charge in [0.25, 0.3) is 16.0 Å². The van der Waals surface area contributed by atoms with Gasteiger partial charge in [-0.25, -0.2) is 8.78 Å². The molecule has 1 aromatic heterocycles. The van der Waals surface area contributed by atoms with Crippen molar-refractivity contribution in [2.45, 2.75) is 46.0 Å². The van der Waals surface area contributed by atoms with Gasteiger partial charge in [-0.1, -0.05) is 81.9 Å². The van der Waals surface area contributed by atoms with Crippen LogP contribution in [0.15, 0.2) is 102 Å². The number of hydrogen-bond acceptors (Lipinski definition) is 5. The second-order valence-corrected chi connectivity index (χ2v) is 13.8. The summed E-state index contributed by atoms with van der Waals surface area (Å²) < 4.78 is 64.7. The second kappa shape index (κ2) is 14.4. The molecule has 1 amide bonds. The molecule has 1 atom stereocenters. The van der Waals surface area contributed by atoms with Crippen molar-refractivity contribution in [2.75, 3.05) is 12.3 Å². The van der Waals surface area contributed by atoms with Crippen molar-refractivity contribution in [3.63, 3.8) is 0 Å². The lowest BCUT2D eigenvalue weighted by Gasteiger charge is -2.21. The summed E-state index contributed by atoms with van der Waals surface area (Å²) in [6.45, 7) is 6.21. The molecule has 1 heterocycles. The highest BCUT2D eigenvalue weighted by Gasteiger charge is 2.22. The normalized spacial score (nSPS) is 12.3. The van der Waals surface area contributed by atoms with Gasteiger partial charge in [-0.2, -0.15) is 8.42 Å². The SMILES string of the molecule is C.CC(C)(C)c1ccc(C(Cc2ccc(C(=O)NCCS(=O)(=O)O)cc2)c2cc(-c3cc(F)cc(-c4ccc(F)cc4)c3)on2)cc1. The van der Waals surface area contributed by atoms with E-state index in [9.17, 15) is 22.0 Å².